The minimum absolute atomic E-state index is 0.131. The van der Waals surface area contributed by atoms with Crippen LogP contribution in [0.5, 0.6) is 11.5 Å². The molecule has 0 N–H and O–H groups in total. The highest BCUT2D eigenvalue weighted by atomic mass is 79.9. The lowest BCUT2D eigenvalue weighted by Crippen LogP contribution is -1.97. The smallest absolute Gasteiger partial charge is 0.161 e. The third kappa shape index (κ3) is 3.27. The number of benzene rings is 2. The summed E-state index contributed by atoms with van der Waals surface area (Å²) in [6.45, 7) is 3.51. The molecule has 0 saturated heterocycles. The Hall–Kier alpha value is -1.00. The van der Waals surface area contributed by atoms with Crippen molar-refractivity contribution in [1.29, 1.82) is 0 Å². The van der Waals surface area contributed by atoms with Gasteiger partial charge in [-0.05, 0) is 41.8 Å². The van der Waals surface area contributed by atoms with E-state index >= 15 is 0 Å². The van der Waals surface area contributed by atoms with Crippen molar-refractivity contribution in [3.8, 4) is 11.5 Å². The SMILES string of the molecule is Cc1ccc(C(Br)c2ccc3c(c2)OCCCO3)cc1Br. The van der Waals surface area contributed by atoms with Crippen LogP contribution in [0.3, 0.4) is 0 Å². The number of ether oxygens (including phenoxy) is 2. The minimum Gasteiger partial charge on any atom is -0.490 e. The summed E-state index contributed by atoms with van der Waals surface area (Å²) in [6.07, 6.45) is 0.923. The predicted molar refractivity (Wildman–Crippen MR) is 91.7 cm³/mol. The van der Waals surface area contributed by atoms with Crippen LogP contribution in [0.25, 0.3) is 0 Å². The number of alkyl halides is 1. The van der Waals surface area contributed by atoms with Crippen LogP contribution in [0.4, 0.5) is 0 Å². The zero-order valence-electron chi connectivity index (χ0n) is 11.7. The van der Waals surface area contributed by atoms with Crippen molar-refractivity contribution in [2.24, 2.45) is 0 Å². The standard InChI is InChI=1S/C17H16Br2O2/c1-11-3-4-12(9-14(11)18)17(19)13-5-6-15-16(10-13)21-8-2-7-20-15/h3-6,9-10,17H,2,7-8H2,1H3. The maximum absolute atomic E-state index is 5.76. The van der Waals surface area contributed by atoms with Crippen LogP contribution in [-0.4, -0.2) is 13.2 Å². The second kappa shape index (κ2) is 6.41. The molecule has 2 aromatic carbocycles. The number of rotatable bonds is 2. The molecule has 0 saturated carbocycles. The lowest BCUT2D eigenvalue weighted by Gasteiger charge is -2.15. The van der Waals surface area contributed by atoms with Crippen LogP contribution >= 0.6 is 31.9 Å². The van der Waals surface area contributed by atoms with Crippen LogP contribution in [0.1, 0.15) is 27.9 Å². The summed E-state index contributed by atoms with van der Waals surface area (Å²) in [5.41, 5.74) is 3.61. The molecule has 1 aliphatic rings. The molecule has 2 nitrogen and oxygen atoms in total. The molecule has 0 aliphatic carbocycles. The largest absolute Gasteiger partial charge is 0.490 e. The van der Waals surface area contributed by atoms with E-state index in [0.29, 0.717) is 6.61 Å². The molecule has 1 heterocycles. The van der Waals surface area contributed by atoms with Crippen molar-refractivity contribution < 1.29 is 9.47 Å². The highest BCUT2D eigenvalue weighted by Gasteiger charge is 2.16. The monoisotopic (exact) mass is 410 g/mol. The van der Waals surface area contributed by atoms with Gasteiger partial charge in [0.2, 0.25) is 0 Å². The van der Waals surface area contributed by atoms with Gasteiger partial charge in [-0.15, -0.1) is 0 Å². The quantitative estimate of drug-likeness (QED) is 0.615. The number of aryl methyl sites for hydroxylation is 1. The van der Waals surface area contributed by atoms with Crippen LogP contribution < -0.4 is 9.47 Å². The Balaban J connectivity index is 1.92. The minimum atomic E-state index is 0.131. The first-order valence-corrected chi connectivity index (χ1v) is 8.65. The predicted octanol–water partition coefficient (Wildman–Crippen LogP) is 5.40. The normalized spacial score (nSPS) is 15.4. The molecule has 1 atom stereocenters. The molecular weight excluding hydrogens is 396 g/mol. The van der Waals surface area contributed by atoms with Crippen molar-refractivity contribution >= 4 is 31.9 Å². The molecule has 0 aromatic heterocycles. The summed E-state index contributed by atoms with van der Waals surface area (Å²) in [4.78, 5) is 0.131. The molecule has 110 valence electrons. The van der Waals surface area contributed by atoms with E-state index in [-0.39, 0.29) is 4.83 Å². The Kier molecular flexibility index (Phi) is 4.55. The molecular formula is C17H16Br2O2. The van der Waals surface area contributed by atoms with Crippen molar-refractivity contribution in [2.75, 3.05) is 13.2 Å². The second-order valence-electron chi connectivity index (χ2n) is 5.13. The van der Waals surface area contributed by atoms with Gasteiger partial charge < -0.3 is 9.47 Å². The van der Waals surface area contributed by atoms with Crippen molar-refractivity contribution in [3.63, 3.8) is 0 Å². The van der Waals surface area contributed by atoms with Crippen molar-refractivity contribution in [1.82, 2.24) is 0 Å². The number of halogens is 2. The average Bonchev–Trinajstić information content (AvgIpc) is 2.73. The van der Waals surface area contributed by atoms with E-state index in [2.05, 4.69) is 69.1 Å². The van der Waals surface area contributed by atoms with Gasteiger partial charge in [-0.25, -0.2) is 0 Å². The van der Waals surface area contributed by atoms with E-state index in [0.717, 1.165) is 34.6 Å². The first-order valence-electron chi connectivity index (χ1n) is 6.95. The molecule has 4 heteroatoms. The summed E-state index contributed by atoms with van der Waals surface area (Å²) in [5, 5.41) is 0. The van der Waals surface area contributed by atoms with E-state index in [1.807, 2.05) is 6.07 Å². The first-order chi connectivity index (χ1) is 10.1. The van der Waals surface area contributed by atoms with Gasteiger partial charge in [-0.3, -0.25) is 0 Å². The fourth-order valence-corrected chi connectivity index (χ4v) is 3.26. The van der Waals surface area contributed by atoms with Gasteiger partial charge in [-0.1, -0.05) is 50.1 Å². The molecule has 0 fully saturated rings. The summed E-state index contributed by atoms with van der Waals surface area (Å²) >= 11 is 7.37. The lowest BCUT2D eigenvalue weighted by molar-refractivity contribution is 0.297. The van der Waals surface area contributed by atoms with Gasteiger partial charge in [0.25, 0.3) is 0 Å². The molecule has 1 aliphatic heterocycles. The molecule has 0 radical (unpaired) electrons. The van der Waals surface area contributed by atoms with Crippen LogP contribution in [0, 0.1) is 6.92 Å². The summed E-state index contributed by atoms with van der Waals surface area (Å²) in [7, 11) is 0. The Labute approximate surface area is 141 Å². The highest BCUT2D eigenvalue weighted by Crippen LogP contribution is 2.38. The Morgan fingerprint density at radius 2 is 1.62 bits per heavy atom. The zero-order valence-corrected chi connectivity index (χ0v) is 14.9. The molecule has 21 heavy (non-hydrogen) atoms. The molecule has 0 amide bonds. The molecule has 2 aromatic rings. The van der Waals surface area contributed by atoms with Gasteiger partial charge in [0.1, 0.15) is 0 Å². The molecule has 0 bridgehead atoms. The van der Waals surface area contributed by atoms with Gasteiger partial charge >= 0.3 is 0 Å². The fraction of sp³-hybridized carbons (Fsp3) is 0.294. The zero-order chi connectivity index (χ0) is 14.8. The summed E-state index contributed by atoms with van der Waals surface area (Å²) in [5.74, 6) is 1.67. The van der Waals surface area contributed by atoms with E-state index in [1.165, 1.54) is 11.1 Å². The fourth-order valence-electron chi connectivity index (χ4n) is 2.30. The van der Waals surface area contributed by atoms with Gasteiger partial charge in [0.05, 0.1) is 18.0 Å². The molecule has 0 spiro atoms. The van der Waals surface area contributed by atoms with E-state index in [1.54, 1.807) is 0 Å². The van der Waals surface area contributed by atoms with Gasteiger partial charge in [0.15, 0.2) is 11.5 Å². The Morgan fingerprint density at radius 3 is 2.38 bits per heavy atom. The maximum Gasteiger partial charge on any atom is 0.161 e. The van der Waals surface area contributed by atoms with E-state index in [4.69, 9.17) is 9.47 Å². The second-order valence-corrected chi connectivity index (χ2v) is 6.90. The summed E-state index contributed by atoms with van der Waals surface area (Å²) < 4.78 is 12.6. The molecule has 3 rings (SSSR count). The summed E-state index contributed by atoms with van der Waals surface area (Å²) in [6, 6.07) is 12.6. The van der Waals surface area contributed by atoms with Gasteiger partial charge in [-0.2, -0.15) is 0 Å². The third-order valence-electron chi connectivity index (χ3n) is 3.55. The van der Waals surface area contributed by atoms with Crippen molar-refractivity contribution in [2.45, 2.75) is 18.2 Å². The third-order valence-corrected chi connectivity index (χ3v) is 5.46. The Bertz CT molecular complexity index is 655. The lowest BCUT2D eigenvalue weighted by atomic mass is 10.0. The Morgan fingerprint density at radius 1 is 0.952 bits per heavy atom. The topological polar surface area (TPSA) is 18.5 Å². The maximum atomic E-state index is 5.76. The highest BCUT2D eigenvalue weighted by molar-refractivity contribution is 9.10. The van der Waals surface area contributed by atoms with Crippen LogP contribution in [0.2, 0.25) is 0 Å². The van der Waals surface area contributed by atoms with Crippen molar-refractivity contribution in [3.05, 3.63) is 57.6 Å². The van der Waals surface area contributed by atoms with E-state index < -0.39 is 0 Å². The number of hydrogen-bond donors (Lipinski definition) is 0. The average molecular weight is 412 g/mol. The first kappa shape index (κ1) is 14.9. The number of hydrogen-bond acceptors (Lipinski definition) is 2. The van der Waals surface area contributed by atoms with Crippen LogP contribution in [-0.2, 0) is 0 Å². The van der Waals surface area contributed by atoms with Gasteiger partial charge in [0, 0.05) is 10.9 Å². The van der Waals surface area contributed by atoms with Crippen LogP contribution in [0.15, 0.2) is 40.9 Å². The number of fused-ring (bicyclic) bond motifs is 1. The molecule has 1 unspecified atom stereocenters. The van der Waals surface area contributed by atoms with E-state index in [9.17, 15) is 0 Å².